The quantitative estimate of drug-likeness (QED) is 0.466. The zero-order chi connectivity index (χ0) is 19.7. The minimum atomic E-state index is -0.159. The zero-order valence-electron chi connectivity index (χ0n) is 15.3. The lowest BCUT2D eigenvalue weighted by Gasteiger charge is -2.08. The Morgan fingerprint density at radius 3 is 2.68 bits per heavy atom. The van der Waals surface area contributed by atoms with Gasteiger partial charge in [-0.2, -0.15) is 0 Å². The molecule has 0 aliphatic heterocycles. The van der Waals surface area contributed by atoms with Gasteiger partial charge in [0.15, 0.2) is 0 Å². The number of benzene rings is 2. The second kappa shape index (κ2) is 7.70. The topological polar surface area (TPSA) is 54.3 Å². The van der Waals surface area contributed by atoms with Crippen LogP contribution in [0.2, 0.25) is 5.02 Å². The molecular formula is C22H19ClN2O2S. The lowest BCUT2D eigenvalue weighted by atomic mass is 10.1. The number of aromatic hydroxyl groups is 1. The van der Waals surface area contributed by atoms with Crippen molar-refractivity contribution in [1.82, 2.24) is 9.88 Å². The normalized spacial score (nSPS) is 11.1. The van der Waals surface area contributed by atoms with Crippen LogP contribution in [0, 0.1) is 6.92 Å². The Balaban J connectivity index is 1.68. The van der Waals surface area contributed by atoms with Crippen LogP contribution in [0.15, 0.2) is 60.0 Å². The number of carbonyl (C=O) groups excluding carboxylic acids is 1. The summed E-state index contributed by atoms with van der Waals surface area (Å²) in [7, 11) is 0. The number of phenols is 1. The van der Waals surface area contributed by atoms with Crippen molar-refractivity contribution in [1.29, 1.82) is 0 Å². The van der Waals surface area contributed by atoms with Crippen molar-refractivity contribution < 1.29 is 9.90 Å². The first-order chi connectivity index (χ1) is 13.5. The van der Waals surface area contributed by atoms with Gasteiger partial charge < -0.3 is 15.0 Å². The van der Waals surface area contributed by atoms with E-state index < -0.39 is 0 Å². The minimum Gasteiger partial charge on any atom is -0.508 e. The average molecular weight is 411 g/mol. The number of hydrogen-bond donors (Lipinski definition) is 2. The highest BCUT2D eigenvalue weighted by Gasteiger charge is 2.20. The number of carbonyl (C=O) groups is 1. The van der Waals surface area contributed by atoms with E-state index in [0.29, 0.717) is 23.7 Å². The van der Waals surface area contributed by atoms with Gasteiger partial charge in [0.05, 0.1) is 12.1 Å². The first kappa shape index (κ1) is 18.6. The van der Waals surface area contributed by atoms with Gasteiger partial charge in [-0.1, -0.05) is 29.8 Å². The molecule has 2 N–H and O–H groups in total. The molecule has 0 saturated heterocycles. The Morgan fingerprint density at radius 2 is 1.96 bits per heavy atom. The van der Waals surface area contributed by atoms with Gasteiger partial charge in [-0.25, -0.2) is 0 Å². The summed E-state index contributed by atoms with van der Waals surface area (Å²) in [5.41, 5.74) is 3.37. The summed E-state index contributed by atoms with van der Waals surface area (Å²) < 4.78 is 2.12. The van der Waals surface area contributed by atoms with E-state index in [2.05, 4.69) is 16.0 Å². The average Bonchev–Trinajstić information content (AvgIpc) is 3.28. The number of rotatable bonds is 5. The third-order valence-electron chi connectivity index (χ3n) is 4.79. The molecule has 4 aromatic rings. The van der Waals surface area contributed by atoms with Crippen molar-refractivity contribution in [2.75, 3.05) is 0 Å². The summed E-state index contributed by atoms with van der Waals surface area (Å²) in [6.45, 7) is 3.04. The number of fused-ring (bicyclic) bond motifs is 1. The molecule has 0 aliphatic carbocycles. The number of nitrogens with one attached hydrogen (secondary N) is 1. The number of nitrogens with zero attached hydrogens (tertiary/aromatic N) is 1. The van der Waals surface area contributed by atoms with Crippen LogP contribution in [0.3, 0.4) is 0 Å². The van der Waals surface area contributed by atoms with Gasteiger partial charge in [0.25, 0.3) is 5.91 Å². The van der Waals surface area contributed by atoms with E-state index in [1.165, 1.54) is 4.88 Å². The smallest absolute Gasteiger partial charge is 0.254 e. The molecule has 2 heterocycles. The molecule has 28 heavy (non-hydrogen) atoms. The van der Waals surface area contributed by atoms with Gasteiger partial charge in [-0.3, -0.25) is 4.79 Å². The second-order valence-corrected chi connectivity index (χ2v) is 8.11. The summed E-state index contributed by atoms with van der Waals surface area (Å²) in [5, 5.41) is 16.4. The summed E-state index contributed by atoms with van der Waals surface area (Å²) in [4.78, 5) is 14.2. The van der Waals surface area contributed by atoms with Gasteiger partial charge in [0, 0.05) is 33.0 Å². The van der Waals surface area contributed by atoms with E-state index in [4.69, 9.17) is 11.6 Å². The van der Waals surface area contributed by atoms with Gasteiger partial charge in [0.2, 0.25) is 0 Å². The predicted octanol–water partition coefficient (Wildman–Crippen LogP) is 5.35. The first-order valence-corrected chi connectivity index (χ1v) is 10.2. The SMILES string of the molecule is Cc1c(C(=O)NCc2ccc(Cl)cc2)c2cc(O)ccc2n1Cc1cccs1. The van der Waals surface area contributed by atoms with Gasteiger partial charge in [-0.15, -0.1) is 11.3 Å². The summed E-state index contributed by atoms with van der Waals surface area (Å²) >= 11 is 7.60. The van der Waals surface area contributed by atoms with Crippen LogP contribution >= 0.6 is 22.9 Å². The molecule has 0 bridgehead atoms. The van der Waals surface area contributed by atoms with Gasteiger partial charge in [-0.05, 0) is 54.3 Å². The molecule has 4 nitrogen and oxygen atoms in total. The highest BCUT2D eigenvalue weighted by atomic mass is 35.5. The van der Waals surface area contributed by atoms with E-state index in [1.54, 1.807) is 35.6 Å². The Kier molecular flexibility index (Phi) is 5.11. The van der Waals surface area contributed by atoms with Crippen LogP contribution in [0.4, 0.5) is 0 Å². The van der Waals surface area contributed by atoms with Gasteiger partial charge >= 0.3 is 0 Å². The fourth-order valence-corrected chi connectivity index (χ4v) is 4.21. The van der Waals surface area contributed by atoms with Crippen molar-refractivity contribution in [3.63, 3.8) is 0 Å². The maximum Gasteiger partial charge on any atom is 0.254 e. The number of amides is 1. The molecule has 0 aliphatic rings. The number of hydrogen-bond acceptors (Lipinski definition) is 3. The monoisotopic (exact) mass is 410 g/mol. The van der Waals surface area contributed by atoms with Crippen LogP contribution in [-0.4, -0.2) is 15.6 Å². The fourth-order valence-electron chi connectivity index (χ4n) is 3.39. The van der Waals surface area contributed by atoms with Crippen LogP contribution < -0.4 is 5.32 Å². The Labute approximate surface area is 172 Å². The summed E-state index contributed by atoms with van der Waals surface area (Å²) in [6.07, 6.45) is 0. The van der Waals surface area contributed by atoms with Crippen LogP contribution in [0.1, 0.15) is 26.5 Å². The summed E-state index contributed by atoms with van der Waals surface area (Å²) in [6, 6.07) is 16.7. The van der Waals surface area contributed by atoms with Crippen LogP contribution in [0.25, 0.3) is 10.9 Å². The number of thiophene rings is 1. The first-order valence-electron chi connectivity index (χ1n) is 8.90. The van der Waals surface area contributed by atoms with E-state index in [1.807, 2.05) is 36.6 Å². The molecule has 6 heteroatoms. The standard InChI is InChI=1S/C22H19ClN2O2S/c1-14-21(22(27)24-12-15-4-6-16(23)7-5-15)19-11-17(26)8-9-20(19)25(14)13-18-3-2-10-28-18/h2-11,26H,12-13H2,1H3,(H,24,27). The number of halogens is 1. The molecule has 1 amide bonds. The molecule has 0 fully saturated rings. The van der Waals surface area contributed by atoms with E-state index in [-0.39, 0.29) is 11.7 Å². The number of phenolic OH excluding ortho intramolecular Hbond substituents is 1. The van der Waals surface area contributed by atoms with Crippen molar-refractivity contribution in [2.24, 2.45) is 0 Å². The number of aromatic nitrogens is 1. The summed E-state index contributed by atoms with van der Waals surface area (Å²) in [5.74, 6) is -0.0134. The second-order valence-electron chi connectivity index (χ2n) is 6.64. The molecule has 0 unspecified atom stereocenters. The third-order valence-corrected chi connectivity index (χ3v) is 5.91. The minimum absolute atomic E-state index is 0.146. The van der Waals surface area contributed by atoms with Crippen molar-refractivity contribution in [2.45, 2.75) is 20.0 Å². The van der Waals surface area contributed by atoms with E-state index >= 15 is 0 Å². The van der Waals surface area contributed by atoms with Crippen molar-refractivity contribution in [3.8, 4) is 5.75 Å². The molecular weight excluding hydrogens is 392 g/mol. The van der Waals surface area contributed by atoms with Crippen molar-refractivity contribution in [3.05, 3.63) is 86.7 Å². The van der Waals surface area contributed by atoms with Crippen molar-refractivity contribution >= 4 is 39.7 Å². The Hall–Kier alpha value is -2.76. The highest BCUT2D eigenvalue weighted by molar-refractivity contribution is 7.09. The predicted molar refractivity (Wildman–Crippen MR) is 114 cm³/mol. The Morgan fingerprint density at radius 1 is 1.18 bits per heavy atom. The molecule has 142 valence electrons. The third kappa shape index (κ3) is 3.63. The lowest BCUT2D eigenvalue weighted by molar-refractivity contribution is 0.0951. The Bertz CT molecular complexity index is 1130. The van der Waals surface area contributed by atoms with Crippen LogP contribution in [-0.2, 0) is 13.1 Å². The van der Waals surface area contributed by atoms with Crippen LogP contribution in [0.5, 0.6) is 5.75 Å². The zero-order valence-corrected chi connectivity index (χ0v) is 16.8. The molecule has 0 radical (unpaired) electrons. The molecule has 0 saturated carbocycles. The molecule has 0 atom stereocenters. The van der Waals surface area contributed by atoms with Gasteiger partial charge in [0.1, 0.15) is 5.75 Å². The maximum absolute atomic E-state index is 13.0. The highest BCUT2D eigenvalue weighted by Crippen LogP contribution is 2.30. The molecule has 2 aromatic heterocycles. The molecule has 0 spiro atoms. The molecule has 4 rings (SSSR count). The lowest BCUT2D eigenvalue weighted by Crippen LogP contribution is -2.23. The maximum atomic E-state index is 13.0. The van der Waals surface area contributed by atoms with E-state index in [9.17, 15) is 9.90 Å². The van der Waals surface area contributed by atoms with E-state index in [0.717, 1.165) is 22.2 Å². The fraction of sp³-hybridized carbons (Fsp3) is 0.136. The molecule has 2 aromatic carbocycles. The largest absolute Gasteiger partial charge is 0.508 e.